The van der Waals surface area contributed by atoms with E-state index in [1.54, 1.807) is 54.9 Å². The standard InChI is InChI=1S/C17H11F2N/c18-16-7-3-1-5-14(16)12-9-13(11-20-10-12)15-6-2-4-8-17(15)19/h1-11H. The molecule has 1 nitrogen and oxygen atoms in total. The van der Waals surface area contributed by atoms with Gasteiger partial charge in [0.15, 0.2) is 0 Å². The number of nitrogens with zero attached hydrogens (tertiary/aromatic N) is 1. The largest absolute Gasteiger partial charge is 0.263 e. The van der Waals surface area contributed by atoms with Gasteiger partial charge in [-0.25, -0.2) is 8.78 Å². The molecule has 0 N–H and O–H groups in total. The topological polar surface area (TPSA) is 12.9 Å². The van der Waals surface area contributed by atoms with Gasteiger partial charge in [0.05, 0.1) is 0 Å². The molecule has 0 unspecified atom stereocenters. The maximum atomic E-state index is 13.8. The quantitative estimate of drug-likeness (QED) is 0.656. The summed E-state index contributed by atoms with van der Waals surface area (Å²) in [7, 11) is 0. The first-order chi connectivity index (χ1) is 9.75. The van der Waals surface area contributed by atoms with Crippen molar-refractivity contribution in [2.24, 2.45) is 0 Å². The van der Waals surface area contributed by atoms with Gasteiger partial charge in [-0.05, 0) is 18.2 Å². The summed E-state index contributed by atoms with van der Waals surface area (Å²) in [4.78, 5) is 4.09. The number of benzene rings is 2. The van der Waals surface area contributed by atoms with Crippen molar-refractivity contribution in [2.45, 2.75) is 0 Å². The summed E-state index contributed by atoms with van der Waals surface area (Å²) in [5.74, 6) is -0.639. The summed E-state index contributed by atoms with van der Waals surface area (Å²) in [5.41, 5.74) is 2.17. The number of pyridine rings is 1. The van der Waals surface area contributed by atoms with Crippen molar-refractivity contribution in [3.05, 3.63) is 78.6 Å². The van der Waals surface area contributed by atoms with Gasteiger partial charge < -0.3 is 0 Å². The minimum Gasteiger partial charge on any atom is -0.263 e. The molecular weight excluding hydrogens is 256 g/mol. The van der Waals surface area contributed by atoms with Gasteiger partial charge in [0.25, 0.3) is 0 Å². The van der Waals surface area contributed by atoms with Crippen LogP contribution in [0.25, 0.3) is 22.3 Å². The van der Waals surface area contributed by atoms with Crippen LogP contribution in [0, 0.1) is 11.6 Å². The Morgan fingerprint density at radius 3 is 1.55 bits per heavy atom. The number of aromatic nitrogens is 1. The Kier molecular flexibility index (Phi) is 3.25. The Bertz CT molecular complexity index is 692. The molecule has 0 aliphatic carbocycles. The summed E-state index contributed by atoms with van der Waals surface area (Å²) in [6.07, 6.45) is 3.14. The lowest BCUT2D eigenvalue weighted by molar-refractivity contribution is 0.631. The molecule has 0 spiro atoms. The average molecular weight is 267 g/mol. The molecule has 1 heterocycles. The second-order valence-electron chi connectivity index (χ2n) is 4.42. The molecule has 0 radical (unpaired) electrons. The molecule has 0 aliphatic heterocycles. The summed E-state index contributed by atoms with van der Waals surface area (Å²) in [6, 6.07) is 14.7. The smallest absolute Gasteiger partial charge is 0.131 e. The van der Waals surface area contributed by atoms with Gasteiger partial charge in [0, 0.05) is 34.6 Å². The zero-order valence-electron chi connectivity index (χ0n) is 10.6. The Morgan fingerprint density at radius 1 is 0.650 bits per heavy atom. The van der Waals surface area contributed by atoms with Gasteiger partial charge in [-0.15, -0.1) is 0 Å². The monoisotopic (exact) mass is 267 g/mol. The number of halogens is 2. The predicted octanol–water partition coefficient (Wildman–Crippen LogP) is 4.69. The summed E-state index contributed by atoms with van der Waals surface area (Å²) >= 11 is 0. The first-order valence-electron chi connectivity index (χ1n) is 6.20. The first-order valence-corrected chi connectivity index (χ1v) is 6.20. The third-order valence-corrected chi connectivity index (χ3v) is 3.11. The molecule has 3 heteroatoms. The van der Waals surface area contributed by atoms with Crippen LogP contribution in [0.1, 0.15) is 0 Å². The fraction of sp³-hybridized carbons (Fsp3) is 0. The van der Waals surface area contributed by atoms with Gasteiger partial charge in [-0.3, -0.25) is 4.98 Å². The molecule has 0 saturated carbocycles. The Hall–Kier alpha value is -2.55. The van der Waals surface area contributed by atoms with Gasteiger partial charge in [-0.1, -0.05) is 36.4 Å². The van der Waals surface area contributed by atoms with Crippen LogP contribution in [-0.4, -0.2) is 4.98 Å². The Labute approximate surface area is 115 Å². The van der Waals surface area contributed by atoms with Crippen molar-refractivity contribution in [2.75, 3.05) is 0 Å². The number of rotatable bonds is 2. The second kappa shape index (κ2) is 5.21. The lowest BCUT2D eigenvalue weighted by Crippen LogP contribution is -1.89. The van der Waals surface area contributed by atoms with E-state index >= 15 is 0 Å². The van der Waals surface area contributed by atoms with Crippen molar-refractivity contribution in [3.8, 4) is 22.3 Å². The third kappa shape index (κ3) is 2.30. The fourth-order valence-corrected chi connectivity index (χ4v) is 2.13. The van der Waals surface area contributed by atoms with Crippen LogP contribution in [0.4, 0.5) is 8.78 Å². The van der Waals surface area contributed by atoms with Gasteiger partial charge in [0.1, 0.15) is 11.6 Å². The highest BCUT2D eigenvalue weighted by molar-refractivity contribution is 5.72. The number of hydrogen-bond acceptors (Lipinski definition) is 1. The van der Waals surface area contributed by atoms with Crippen LogP contribution >= 0.6 is 0 Å². The van der Waals surface area contributed by atoms with E-state index in [0.717, 1.165) is 0 Å². The summed E-state index contributed by atoms with van der Waals surface area (Å²) in [5, 5.41) is 0. The third-order valence-electron chi connectivity index (χ3n) is 3.11. The van der Waals surface area contributed by atoms with Crippen molar-refractivity contribution >= 4 is 0 Å². The van der Waals surface area contributed by atoms with Crippen LogP contribution in [0.3, 0.4) is 0 Å². The molecule has 0 amide bonds. The molecule has 1 aromatic heterocycles. The molecule has 0 atom stereocenters. The van der Waals surface area contributed by atoms with Crippen molar-refractivity contribution in [1.82, 2.24) is 4.98 Å². The highest BCUT2D eigenvalue weighted by Crippen LogP contribution is 2.28. The molecule has 0 fully saturated rings. The van der Waals surface area contributed by atoms with Crippen molar-refractivity contribution in [1.29, 1.82) is 0 Å². The molecule has 98 valence electrons. The van der Waals surface area contributed by atoms with Gasteiger partial charge >= 0.3 is 0 Å². The molecule has 3 aromatic rings. The highest BCUT2D eigenvalue weighted by atomic mass is 19.1. The maximum Gasteiger partial charge on any atom is 0.131 e. The first kappa shape index (κ1) is 12.5. The van der Waals surface area contributed by atoms with Gasteiger partial charge in [0.2, 0.25) is 0 Å². The van der Waals surface area contributed by atoms with E-state index in [-0.39, 0.29) is 11.6 Å². The molecule has 3 rings (SSSR count). The van der Waals surface area contributed by atoms with Crippen LogP contribution in [-0.2, 0) is 0 Å². The minimum absolute atomic E-state index is 0.319. The molecule has 0 aliphatic rings. The van der Waals surface area contributed by atoms with Gasteiger partial charge in [-0.2, -0.15) is 0 Å². The minimum atomic E-state index is -0.319. The molecule has 2 aromatic carbocycles. The van der Waals surface area contributed by atoms with Crippen LogP contribution in [0.15, 0.2) is 67.0 Å². The molecule has 0 bridgehead atoms. The summed E-state index contributed by atoms with van der Waals surface area (Å²) in [6.45, 7) is 0. The summed E-state index contributed by atoms with van der Waals surface area (Å²) < 4.78 is 27.6. The van der Waals surface area contributed by atoms with Crippen LogP contribution < -0.4 is 0 Å². The van der Waals surface area contributed by atoms with E-state index in [9.17, 15) is 8.78 Å². The maximum absolute atomic E-state index is 13.8. The van der Waals surface area contributed by atoms with E-state index < -0.39 is 0 Å². The molecular formula is C17H11F2N. The SMILES string of the molecule is Fc1ccccc1-c1cncc(-c2ccccc2F)c1. The average Bonchev–Trinajstić information content (AvgIpc) is 2.48. The highest BCUT2D eigenvalue weighted by Gasteiger charge is 2.08. The Balaban J connectivity index is 2.12. The second-order valence-corrected chi connectivity index (χ2v) is 4.42. The van der Waals surface area contributed by atoms with Crippen molar-refractivity contribution < 1.29 is 8.78 Å². The van der Waals surface area contributed by atoms with E-state index in [1.807, 2.05) is 0 Å². The van der Waals surface area contributed by atoms with Crippen LogP contribution in [0.2, 0.25) is 0 Å². The van der Waals surface area contributed by atoms with Crippen molar-refractivity contribution in [3.63, 3.8) is 0 Å². The lowest BCUT2D eigenvalue weighted by atomic mass is 10.0. The van der Waals surface area contributed by atoms with E-state index in [2.05, 4.69) is 4.98 Å². The van der Waals surface area contributed by atoms with E-state index in [1.165, 1.54) is 12.1 Å². The molecule has 20 heavy (non-hydrogen) atoms. The Morgan fingerprint density at radius 2 is 1.10 bits per heavy atom. The zero-order valence-corrected chi connectivity index (χ0v) is 10.6. The van der Waals surface area contributed by atoms with Crippen LogP contribution in [0.5, 0.6) is 0 Å². The van der Waals surface area contributed by atoms with E-state index in [4.69, 9.17) is 0 Å². The lowest BCUT2D eigenvalue weighted by Gasteiger charge is -2.07. The fourth-order valence-electron chi connectivity index (χ4n) is 2.13. The zero-order chi connectivity index (χ0) is 13.9. The van der Waals surface area contributed by atoms with E-state index in [0.29, 0.717) is 22.3 Å². The molecule has 0 saturated heterocycles. The predicted molar refractivity (Wildman–Crippen MR) is 75.0 cm³/mol. The normalized spacial score (nSPS) is 10.5. The number of hydrogen-bond donors (Lipinski definition) is 0.